The Morgan fingerprint density at radius 3 is 2.44 bits per heavy atom. The van der Waals surface area contributed by atoms with Crippen molar-refractivity contribution in [2.75, 3.05) is 16.8 Å². The van der Waals surface area contributed by atoms with E-state index in [2.05, 4.69) is 5.32 Å². The normalized spacial score (nSPS) is 10.4. The molecule has 0 heterocycles. The van der Waals surface area contributed by atoms with Crippen molar-refractivity contribution in [3.05, 3.63) is 57.6 Å². The van der Waals surface area contributed by atoms with E-state index in [1.54, 1.807) is 24.3 Å². The van der Waals surface area contributed by atoms with Crippen LogP contribution in [0.2, 0.25) is 10.0 Å². The molecule has 0 atom stereocenters. The number of rotatable bonds is 5. The molecule has 2 amide bonds. The molecule has 6 heteroatoms. The number of anilines is 2. The molecule has 0 saturated carbocycles. The number of aryl methyl sites for hydroxylation is 2. The van der Waals surface area contributed by atoms with Crippen LogP contribution in [0.1, 0.15) is 24.5 Å². The first-order valence-electron chi connectivity index (χ1n) is 7.88. The van der Waals surface area contributed by atoms with Crippen LogP contribution < -0.4 is 10.2 Å². The summed E-state index contributed by atoms with van der Waals surface area (Å²) in [5, 5.41) is 3.82. The largest absolute Gasteiger partial charge is 0.326 e. The Bertz CT molecular complexity index is 783. The van der Waals surface area contributed by atoms with Gasteiger partial charge in [-0.15, -0.1) is 0 Å². The molecule has 1 N–H and O–H groups in total. The van der Waals surface area contributed by atoms with Crippen LogP contribution in [0.15, 0.2) is 36.4 Å². The fourth-order valence-electron chi connectivity index (χ4n) is 2.68. The van der Waals surface area contributed by atoms with Gasteiger partial charge in [-0.05, 0) is 49.2 Å². The van der Waals surface area contributed by atoms with Crippen molar-refractivity contribution in [3.8, 4) is 0 Å². The van der Waals surface area contributed by atoms with Gasteiger partial charge in [0.15, 0.2) is 0 Å². The Hall–Kier alpha value is -2.04. The van der Waals surface area contributed by atoms with Gasteiger partial charge >= 0.3 is 0 Å². The van der Waals surface area contributed by atoms with E-state index >= 15 is 0 Å². The smallest absolute Gasteiger partial charge is 0.226 e. The van der Waals surface area contributed by atoms with E-state index in [1.807, 2.05) is 26.0 Å². The number of hydrogen-bond donors (Lipinski definition) is 1. The summed E-state index contributed by atoms with van der Waals surface area (Å²) in [6, 6.07) is 10.7. The topological polar surface area (TPSA) is 49.4 Å². The highest BCUT2D eigenvalue weighted by atomic mass is 35.5. The molecule has 0 unspecified atom stereocenters. The summed E-state index contributed by atoms with van der Waals surface area (Å²) in [4.78, 5) is 25.8. The SMILES string of the molecule is CC(=O)N(CCC(=O)Nc1cccc(Cl)c1)c1c(C)cc(C)cc1Cl. The summed E-state index contributed by atoms with van der Waals surface area (Å²) in [7, 11) is 0. The lowest BCUT2D eigenvalue weighted by Crippen LogP contribution is -2.32. The Kier molecular flexibility index (Phi) is 6.45. The number of carbonyl (C=O) groups is 2. The molecule has 2 rings (SSSR count). The van der Waals surface area contributed by atoms with Gasteiger partial charge in [-0.1, -0.05) is 35.3 Å². The average molecular weight is 379 g/mol. The van der Waals surface area contributed by atoms with E-state index < -0.39 is 0 Å². The van der Waals surface area contributed by atoms with Crippen LogP contribution in [0.3, 0.4) is 0 Å². The van der Waals surface area contributed by atoms with Crippen molar-refractivity contribution in [1.82, 2.24) is 0 Å². The van der Waals surface area contributed by atoms with Gasteiger partial charge in [-0.3, -0.25) is 9.59 Å². The summed E-state index contributed by atoms with van der Waals surface area (Å²) >= 11 is 12.2. The van der Waals surface area contributed by atoms with Crippen molar-refractivity contribution >= 4 is 46.4 Å². The maximum absolute atomic E-state index is 12.2. The molecule has 0 saturated heterocycles. The number of amides is 2. The summed E-state index contributed by atoms with van der Waals surface area (Å²) in [6.45, 7) is 5.55. The second-order valence-electron chi connectivity index (χ2n) is 5.89. The summed E-state index contributed by atoms with van der Waals surface area (Å²) in [6.07, 6.45) is 0.149. The second kappa shape index (κ2) is 8.37. The van der Waals surface area contributed by atoms with Gasteiger partial charge in [0, 0.05) is 30.6 Å². The van der Waals surface area contributed by atoms with E-state index in [0.29, 0.717) is 21.4 Å². The van der Waals surface area contributed by atoms with Crippen molar-refractivity contribution < 1.29 is 9.59 Å². The van der Waals surface area contributed by atoms with Gasteiger partial charge in [0.05, 0.1) is 10.7 Å². The Morgan fingerprint density at radius 1 is 1.12 bits per heavy atom. The van der Waals surface area contributed by atoms with Gasteiger partial charge < -0.3 is 10.2 Å². The van der Waals surface area contributed by atoms with E-state index in [9.17, 15) is 9.59 Å². The number of carbonyl (C=O) groups excluding carboxylic acids is 2. The molecule has 132 valence electrons. The molecule has 0 aliphatic heterocycles. The fourth-order valence-corrected chi connectivity index (χ4v) is 3.29. The first kappa shape index (κ1) is 19.3. The minimum Gasteiger partial charge on any atom is -0.326 e. The molecule has 0 spiro atoms. The minimum absolute atomic E-state index is 0.149. The maximum atomic E-state index is 12.2. The minimum atomic E-state index is -0.200. The first-order valence-corrected chi connectivity index (χ1v) is 8.64. The summed E-state index contributed by atoms with van der Waals surface area (Å²) in [5.41, 5.74) is 3.19. The van der Waals surface area contributed by atoms with Crippen LogP contribution in [0.5, 0.6) is 0 Å². The van der Waals surface area contributed by atoms with Gasteiger partial charge in [0.25, 0.3) is 0 Å². The number of halogens is 2. The molecular weight excluding hydrogens is 359 g/mol. The number of nitrogens with one attached hydrogen (secondary N) is 1. The lowest BCUT2D eigenvalue weighted by molar-refractivity contribution is -0.117. The van der Waals surface area contributed by atoms with Gasteiger partial charge in [0.2, 0.25) is 11.8 Å². The van der Waals surface area contributed by atoms with Crippen molar-refractivity contribution in [2.45, 2.75) is 27.2 Å². The molecule has 0 aliphatic rings. The van der Waals surface area contributed by atoms with E-state index in [0.717, 1.165) is 11.1 Å². The standard InChI is InChI=1S/C19H20Cl2N2O2/c1-12-9-13(2)19(17(21)10-12)23(14(3)24)8-7-18(25)22-16-6-4-5-15(20)11-16/h4-6,9-11H,7-8H2,1-3H3,(H,22,25). The third-order valence-electron chi connectivity index (χ3n) is 3.72. The van der Waals surface area contributed by atoms with Crippen LogP contribution in [0.4, 0.5) is 11.4 Å². The van der Waals surface area contributed by atoms with Crippen LogP contribution in [-0.4, -0.2) is 18.4 Å². The number of hydrogen-bond acceptors (Lipinski definition) is 2. The van der Waals surface area contributed by atoms with E-state index in [1.165, 1.54) is 11.8 Å². The Labute approximate surface area is 157 Å². The molecule has 25 heavy (non-hydrogen) atoms. The fraction of sp³-hybridized carbons (Fsp3) is 0.263. The van der Waals surface area contributed by atoms with Gasteiger partial charge in [-0.25, -0.2) is 0 Å². The monoisotopic (exact) mass is 378 g/mol. The Morgan fingerprint density at radius 2 is 1.84 bits per heavy atom. The third kappa shape index (κ3) is 5.21. The number of nitrogens with zero attached hydrogens (tertiary/aromatic N) is 1. The van der Waals surface area contributed by atoms with E-state index in [4.69, 9.17) is 23.2 Å². The highest BCUT2D eigenvalue weighted by Crippen LogP contribution is 2.31. The van der Waals surface area contributed by atoms with Crippen molar-refractivity contribution in [2.24, 2.45) is 0 Å². The molecule has 2 aromatic rings. The highest BCUT2D eigenvalue weighted by Gasteiger charge is 2.19. The van der Waals surface area contributed by atoms with Crippen molar-refractivity contribution in [1.29, 1.82) is 0 Å². The quantitative estimate of drug-likeness (QED) is 0.796. The molecule has 0 aromatic heterocycles. The zero-order valence-electron chi connectivity index (χ0n) is 14.4. The van der Waals surface area contributed by atoms with E-state index in [-0.39, 0.29) is 24.8 Å². The van der Waals surface area contributed by atoms with Crippen molar-refractivity contribution in [3.63, 3.8) is 0 Å². The highest BCUT2D eigenvalue weighted by molar-refractivity contribution is 6.34. The predicted molar refractivity (Wildman–Crippen MR) is 104 cm³/mol. The van der Waals surface area contributed by atoms with Crippen LogP contribution in [0.25, 0.3) is 0 Å². The first-order chi connectivity index (χ1) is 11.8. The predicted octanol–water partition coefficient (Wildman–Crippen LogP) is 4.99. The van der Waals surface area contributed by atoms with Gasteiger partial charge in [0.1, 0.15) is 0 Å². The average Bonchev–Trinajstić information content (AvgIpc) is 2.49. The number of benzene rings is 2. The molecular formula is C19H20Cl2N2O2. The molecule has 0 fully saturated rings. The molecule has 4 nitrogen and oxygen atoms in total. The van der Waals surface area contributed by atoms with Crippen LogP contribution >= 0.6 is 23.2 Å². The summed E-state index contributed by atoms with van der Waals surface area (Å²) < 4.78 is 0. The zero-order chi connectivity index (χ0) is 18.6. The molecule has 0 radical (unpaired) electrons. The zero-order valence-corrected chi connectivity index (χ0v) is 15.9. The molecule has 2 aromatic carbocycles. The third-order valence-corrected chi connectivity index (χ3v) is 4.24. The lowest BCUT2D eigenvalue weighted by atomic mass is 10.1. The van der Waals surface area contributed by atoms with Crippen LogP contribution in [0, 0.1) is 13.8 Å². The van der Waals surface area contributed by atoms with Crippen LogP contribution in [-0.2, 0) is 9.59 Å². The molecule has 0 aliphatic carbocycles. The second-order valence-corrected chi connectivity index (χ2v) is 6.74. The molecule has 0 bridgehead atoms. The maximum Gasteiger partial charge on any atom is 0.226 e. The van der Waals surface area contributed by atoms with Gasteiger partial charge in [-0.2, -0.15) is 0 Å². The Balaban J connectivity index is 2.10. The lowest BCUT2D eigenvalue weighted by Gasteiger charge is -2.24. The summed E-state index contributed by atoms with van der Waals surface area (Å²) in [5.74, 6) is -0.362.